The maximum absolute atomic E-state index is 7.56. The van der Waals surface area contributed by atoms with Gasteiger partial charge in [0.25, 0.3) is 0 Å². The average molecular weight is 341 g/mol. The van der Waals surface area contributed by atoms with E-state index in [1.54, 1.807) is 0 Å². The molecule has 0 radical (unpaired) electrons. The Morgan fingerprint density at radius 2 is 0.636 bits per heavy atom. The van der Waals surface area contributed by atoms with E-state index in [0.717, 1.165) is 0 Å². The summed E-state index contributed by atoms with van der Waals surface area (Å²) in [6, 6.07) is 0. The van der Waals surface area contributed by atoms with E-state index < -0.39 is 13.4 Å². The van der Waals surface area contributed by atoms with Gasteiger partial charge in [0.15, 0.2) is 0 Å². The molecule has 0 aromatic heterocycles. The number of hydrogen-bond acceptors (Lipinski definition) is 2. The quantitative estimate of drug-likeness (QED) is 0.230. The van der Waals surface area contributed by atoms with Crippen molar-refractivity contribution in [3.8, 4) is 0 Å². The molecule has 0 bridgehead atoms. The molecular formula is H6CdO6P2S2. The van der Waals surface area contributed by atoms with Gasteiger partial charge in [-0.3, -0.25) is 0 Å². The SMILES string of the molecule is OP(O)(O)=S.OP(O)(O)=S.[Cd]. The van der Waals surface area contributed by atoms with Crippen LogP contribution in [0, 0.1) is 0 Å². The molecule has 0 aliphatic carbocycles. The van der Waals surface area contributed by atoms with Crippen LogP contribution < -0.4 is 0 Å². The zero-order valence-corrected chi connectivity index (χ0v) is 12.6. The molecule has 11 heteroatoms. The van der Waals surface area contributed by atoms with Gasteiger partial charge in [-0.15, -0.1) is 0 Å². The molecule has 0 atom stereocenters. The topological polar surface area (TPSA) is 121 Å². The maximum atomic E-state index is 7.56. The van der Waals surface area contributed by atoms with Crippen LogP contribution in [-0.2, 0) is 50.9 Å². The molecule has 0 spiro atoms. The van der Waals surface area contributed by atoms with Gasteiger partial charge in [-0.25, -0.2) is 0 Å². The smallest absolute Gasteiger partial charge is 0.319 e. The Labute approximate surface area is 93.2 Å². The number of rotatable bonds is 0. The Balaban J connectivity index is -0.000000107. The van der Waals surface area contributed by atoms with Gasteiger partial charge in [-0.1, -0.05) is 0 Å². The third kappa shape index (κ3) is 304. The summed E-state index contributed by atoms with van der Waals surface area (Å²) in [7, 11) is 0. The first-order chi connectivity index (χ1) is 4.00. The molecule has 0 fully saturated rings. The Hall–Kier alpha value is 1.98. The fraction of sp³-hybridized carbons (Fsp3) is 0. The van der Waals surface area contributed by atoms with E-state index in [0.29, 0.717) is 0 Å². The van der Waals surface area contributed by atoms with Gasteiger partial charge in [0.05, 0.1) is 0 Å². The van der Waals surface area contributed by atoms with Gasteiger partial charge < -0.3 is 29.4 Å². The molecular weight excluding hydrogens is 334 g/mol. The predicted octanol–water partition coefficient (Wildman–Crippen LogP) is -1.63. The molecule has 0 unspecified atom stereocenters. The van der Waals surface area contributed by atoms with Crippen molar-refractivity contribution >= 4 is 37.1 Å². The van der Waals surface area contributed by atoms with E-state index in [-0.39, 0.29) is 27.3 Å². The minimum Gasteiger partial charge on any atom is -0.325 e. The van der Waals surface area contributed by atoms with Gasteiger partial charge in [-0.2, -0.15) is 0 Å². The van der Waals surface area contributed by atoms with Crippen molar-refractivity contribution < 1.29 is 56.7 Å². The van der Waals surface area contributed by atoms with E-state index in [1.165, 1.54) is 0 Å². The summed E-state index contributed by atoms with van der Waals surface area (Å²) in [6.45, 7) is -7.61. The summed E-state index contributed by atoms with van der Waals surface area (Å²) in [5.41, 5.74) is 0. The third-order valence-electron chi connectivity index (χ3n) is 0. The summed E-state index contributed by atoms with van der Waals surface area (Å²) in [5.74, 6) is 0. The van der Waals surface area contributed by atoms with E-state index in [4.69, 9.17) is 29.4 Å². The van der Waals surface area contributed by atoms with Crippen molar-refractivity contribution in [3.05, 3.63) is 0 Å². The van der Waals surface area contributed by atoms with Gasteiger partial charge in [0.1, 0.15) is 0 Å². The minimum absolute atomic E-state index is 0. The standard InChI is InChI=1S/Cd.2H3O3PS/c;2*1-4(2,3)5/h;2*(H3,1,2,3,5). The second kappa shape index (κ2) is 7.39. The second-order valence-corrected chi connectivity index (χ2v) is 6.02. The molecule has 0 amide bonds. The normalized spacial score (nSPS) is 10.7. The second-order valence-electron chi connectivity index (χ2n) is 1.03. The third-order valence-corrected chi connectivity index (χ3v) is 0. The Kier molecular flexibility index (Phi) is 12.6. The Morgan fingerprint density at radius 1 is 0.636 bits per heavy atom. The van der Waals surface area contributed by atoms with Gasteiger partial charge in [0.2, 0.25) is 0 Å². The van der Waals surface area contributed by atoms with Crippen LogP contribution in [0.3, 0.4) is 0 Å². The molecule has 0 heterocycles. The van der Waals surface area contributed by atoms with Crippen molar-refractivity contribution in [2.45, 2.75) is 0 Å². The summed E-state index contributed by atoms with van der Waals surface area (Å²) < 4.78 is 0. The average Bonchev–Trinajstić information content (AvgIpc) is 1.12. The van der Waals surface area contributed by atoms with Crippen LogP contribution in [0.15, 0.2) is 0 Å². The monoisotopic (exact) mass is 342 g/mol. The molecule has 66 valence electrons. The molecule has 0 aromatic rings. The summed E-state index contributed by atoms with van der Waals surface area (Å²) in [5, 5.41) is 0. The van der Waals surface area contributed by atoms with Gasteiger partial charge >= 0.3 is 13.4 Å². The zero-order valence-electron chi connectivity index (χ0n) is 5.10. The Bertz CT molecular complexity index is 131. The van der Waals surface area contributed by atoms with Crippen LogP contribution >= 0.6 is 13.4 Å². The zero-order chi connectivity index (χ0) is 9.00. The molecule has 0 aliphatic rings. The predicted molar refractivity (Wildman–Crippen MR) is 41.9 cm³/mol. The van der Waals surface area contributed by atoms with Gasteiger partial charge in [0, 0.05) is 27.3 Å². The van der Waals surface area contributed by atoms with E-state index in [1.807, 2.05) is 0 Å². The first kappa shape index (κ1) is 18.7. The first-order valence-corrected chi connectivity index (χ1v) is 6.89. The largest absolute Gasteiger partial charge is 0.325 e. The molecule has 0 saturated carbocycles. The fourth-order valence-electron chi connectivity index (χ4n) is 0. The van der Waals surface area contributed by atoms with Crippen molar-refractivity contribution in [1.29, 1.82) is 0 Å². The fourth-order valence-corrected chi connectivity index (χ4v) is 0. The van der Waals surface area contributed by atoms with Crippen molar-refractivity contribution in [1.82, 2.24) is 0 Å². The van der Waals surface area contributed by atoms with E-state index in [9.17, 15) is 0 Å². The van der Waals surface area contributed by atoms with Crippen molar-refractivity contribution in [2.24, 2.45) is 0 Å². The molecule has 11 heavy (non-hydrogen) atoms. The van der Waals surface area contributed by atoms with Crippen LogP contribution in [0.5, 0.6) is 0 Å². The summed E-state index contributed by atoms with van der Waals surface area (Å²) >= 11 is 7.21. The van der Waals surface area contributed by atoms with E-state index >= 15 is 0 Å². The van der Waals surface area contributed by atoms with E-state index in [2.05, 4.69) is 23.6 Å². The molecule has 0 rings (SSSR count). The van der Waals surface area contributed by atoms with Crippen LogP contribution in [0.1, 0.15) is 0 Å². The molecule has 6 N–H and O–H groups in total. The maximum Gasteiger partial charge on any atom is 0.319 e. The molecule has 6 nitrogen and oxygen atoms in total. The van der Waals surface area contributed by atoms with Crippen LogP contribution in [-0.4, -0.2) is 29.4 Å². The van der Waals surface area contributed by atoms with Crippen LogP contribution in [0.4, 0.5) is 0 Å². The molecule has 0 saturated heterocycles. The van der Waals surface area contributed by atoms with Crippen LogP contribution in [0.2, 0.25) is 0 Å². The minimum atomic E-state index is -3.81. The molecule has 0 aliphatic heterocycles. The van der Waals surface area contributed by atoms with Gasteiger partial charge in [-0.05, 0) is 23.6 Å². The molecule has 0 aromatic carbocycles. The summed E-state index contributed by atoms with van der Waals surface area (Å²) in [6.07, 6.45) is 0. The van der Waals surface area contributed by atoms with Crippen molar-refractivity contribution in [3.63, 3.8) is 0 Å². The first-order valence-electron chi connectivity index (χ1n) is 1.57. The summed E-state index contributed by atoms with van der Waals surface area (Å²) in [4.78, 5) is 45.3. The van der Waals surface area contributed by atoms with Crippen LogP contribution in [0.25, 0.3) is 0 Å². The van der Waals surface area contributed by atoms with Crippen molar-refractivity contribution in [2.75, 3.05) is 0 Å². The number of hydrogen-bond donors (Lipinski definition) is 6. The Morgan fingerprint density at radius 3 is 0.636 bits per heavy atom.